The van der Waals surface area contributed by atoms with Crippen LogP contribution in [-0.2, 0) is 0 Å². The highest BCUT2D eigenvalue weighted by atomic mass is 16.5. The maximum atomic E-state index is 6.00. The second-order valence-corrected chi connectivity index (χ2v) is 4.49. The Morgan fingerprint density at radius 3 is 2.71 bits per heavy atom. The van der Waals surface area contributed by atoms with Crippen molar-refractivity contribution in [3.05, 3.63) is 30.5 Å². The smallest absolute Gasteiger partial charge is 0.232 e. The molecule has 90 valence electrons. The van der Waals surface area contributed by atoms with Crippen LogP contribution < -0.4 is 10.5 Å². The number of benzene rings is 1. The highest BCUT2D eigenvalue weighted by Gasteiger charge is 2.16. The number of nitrogens with two attached hydrogens (primary N) is 1. The summed E-state index contributed by atoms with van der Waals surface area (Å²) in [7, 11) is 0. The lowest BCUT2D eigenvalue weighted by Gasteiger charge is -2.22. The second-order valence-electron chi connectivity index (χ2n) is 4.49. The summed E-state index contributed by atoms with van der Waals surface area (Å²) in [6.07, 6.45) is 2.49. The van der Waals surface area contributed by atoms with E-state index in [2.05, 4.69) is 9.97 Å². The van der Waals surface area contributed by atoms with Crippen molar-refractivity contribution in [2.45, 2.75) is 25.8 Å². The Labute approximate surface area is 101 Å². The number of aromatic nitrogens is 2. The zero-order valence-corrected chi connectivity index (χ0v) is 10.2. The molecule has 0 aliphatic carbocycles. The molecular formula is C13H17N3O. The molecule has 1 atom stereocenters. The lowest BCUT2D eigenvalue weighted by atomic mass is 10.0. The molecule has 0 saturated heterocycles. The molecule has 0 spiro atoms. The Morgan fingerprint density at radius 2 is 2.00 bits per heavy atom. The zero-order valence-electron chi connectivity index (χ0n) is 10.2. The Kier molecular flexibility index (Phi) is 3.24. The van der Waals surface area contributed by atoms with Gasteiger partial charge >= 0.3 is 0 Å². The van der Waals surface area contributed by atoms with Gasteiger partial charge in [-0.05, 0) is 25.5 Å². The van der Waals surface area contributed by atoms with Gasteiger partial charge in [-0.1, -0.05) is 19.1 Å². The Morgan fingerprint density at radius 1 is 1.29 bits per heavy atom. The maximum Gasteiger partial charge on any atom is 0.232 e. The van der Waals surface area contributed by atoms with E-state index in [1.54, 1.807) is 6.20 Å². The van der Waals surface area contributed by atoms with Crippen LogP contribution in [0.2, 0.25) is 0 Å². The third-order valence-electron chi connectivity index (χ3n) is 2.78. The number of hydrogen-bond acceptors (Lipinski definition) is 4. The number of ether oxygens (including phenoxy) is 1. The summed E-state index contributed by atoms with van der Waals surface area (Å²) in [6.45, 7) is 4.44. The topological polar surface area (TPSA) is 61.0 Å². The fourth-order valence-corrected chi connectivity index (χ4v) is 1.35. The molecule has 17 heavy (non-hydrogen) atoms. The van der Waals surface area contributed by atoms with Crippen molar-refractivity contribution in [2.24, 2.45) is 5.73 Å². The van der Waals surface area contributed by atoms with E-state index in [0.29, 0.717) is 12.5 Å². The highest BCUT2D eigenvalue weighted by Crippen LogP contribution is 2.14. The van der Waals surface area contributed by atoms with Gasteiger partial charge in [0.1, 0.15) is 6.61 Å². The molecule has 0 bridgehead atoms. The molecule has 0 amide bonds. The van der Waals surface area contributed by atoms with Gasteiger partial charge in [0.25, 0.3) is 0 Å². The number of para-hydroxylation sites is 2. The van der Waals surface area contributed by atoms with Gasteiger partial charge in [0.2, 0.25) is 5.88 Å². The van der Waals surface area contributed by atoms with E-state index >= 15 is 0 Å². The van der Waals surface area contributed by atoms with Gasteiger partial charge in [0.05, 0.1) is 17.2 Å². The van der Waals surface area contributed by atoms with Crippen molar-refractivity contribution in [1.82, 2.24) is 9.97 Å². The molecule has 4 nitrogen and oxygen atoms in total. The average Bonchev–Trinajstić information content (AvgIpc) is 2.36. The molecule has 4 heteroatoms. The van der Waals surface area contributed by atoms with Crippen LogP contribution in [0.4, 0.5) is 0 Å². The molecule has 0 aliphatic rings. The molecule has 0 aliphatic heterocycles. The lowest BCUT2D eigenvalue weighted by molar-refractivity contribution is 0.218. The number of hydrogen-bond donors (Lipinski definition) is 1. The van der Waals surface area contributed by atoms with E-state index in [1.807, 2.05) is 38.1 Å². The fraction of sp³-hybridized carbons (Fsp3) is 0.385. The molecule has 0 saturated carbocycles. The minimum Gasteiger partial charge on any atom is -0.475 e. The summed E-state index contributed by atoms with van der Waals surface area (Å²) < 4.78 is 5.57. The van der Waals surface area contributed by atoms with Crippen LogP contribution >= 0.6 is 0 Å². The van der Waals surface area contributed by atoms with Crippen molar-refractivity contribution in [2.75, 3.05) is 6.61 Å². The van der Waals surface area contributed by atoms with Crippen molar-refractivity contribution < 1.29 is 4.74 Å². The van der Waals surface area contributed by atoms with E-state index in [0.717, 1.165) is 17.5 Å². The van der Waals surface area contributed by atoms with Crippen LogP contribution in [0.25, 0.3) is 11.0 Å². The summed E-state index contributed by atoms with van der Waals surface area (Å²) in [5.74, 6) is 0.522. The second kappa shape index (κ2) is 4.67. The number of nitrogens with zero attached hydrogens (tertiary/aromatic N) is 2. The van der Waals surface area contributed by atoms with Gasteiger partial charge in [0, 0.05) is 5.54 Å². The van der Waals surface area contributed by atoms with Crippen LogP contribution in [0, 0.1) is 0 Å². The number of fused-ring (bicyclic) bond motifs is 1. The van der Waals surface area contributed by atoms with Crippen molar-refractivity contribution in [1.29, 1.82) is 0 Å². The summed E-state index contributed by atoms with van der Waals surface area (Å²) >= 11 is 0. The average molecular weight is 231 g/mol. The first-order chi connectivity index (χ1) is 8.11. The fourth-order valence-electron chi connectivity index (χ4n) is 1.35. The SMILES string of the molecule is CCC(C)(N)COc1cnc2ccccc2n1. The largest absolute Gasteiger partial charge is 0.475 e. The molecule has 0 fully saturated rings. The molecule has 1 heterocycles. The van der Waals surface area contributed by atoms with Gasteiger partial charge in [-0.3, -0.25) is 0 Å². The zero-order chi connectivity index (χ0) is 12.3. The van der Waals surface area contributed by atoms with Gasteiger partial charge < -0.3 is 10.5 Å². The molecular weight excluding hydrogens is 214 g/mol. The van der Waals surface area contributed by atoms with E-state index in [1.165, 1.54) is 0 Å². The van der Waals surface area contributed by atoms with Crippen LogP contribution in [0.15, 0.2) is 30.5 Å². The van der Waals surface area contributed by atoms with E-state index in [-0.39, 0.29) is 5.54 Å². The summed E-state index contributed by atoms with van der Waals surface area (Å²) in [5.41, 5.74) is 7.38. The summed E-state index contributed by atoms with van der Waals surface area (Å²) in [4.78, 5) is 8.65. The Balaban J connectivity index is 2.14. The maximum absolute atomic E-state index is 6.00. The summed E-state index contributed by atoms with van der Waals surface area (Å²) in [5, 5.41) is 0. The van der Waals surface area contributed by atoms with E-state index < -0.39 is 0 Å². The van der Waals surface area contributed by atoms with E-state index in [4.69, 9.17) is 10.5 Å². The van der Waals surface area contributed by atoms with Crippen LogP contribution in [0.1, 0.15) is 20.3 Å². The summed E-state index contributed by atoms with van der Waals surface area (Å²) in [6, 6.07) is 7.70. The molecule has 1 aromatic heterocycles. The van der Waals surface area contributed by atoms with Crippen LogP contribution in [0.5, 0.6) is 5.88 Å². The monoisotopic (exact) mass is 231 g/mol. The third kappa shape index (κ3) is 2.91. The Bertz CT molecular complexity index is 511. The predicted molar refractivity (Wildman–Crippen MR) is 67.9 cm³/mol. The predicted octanol–water partition coefficient (Wildman–Crippen LogP) is 2.14. The molecule has 2 N–H and O–H groups in total. The lowest BCUT2D eigenvalue weighted by Crippen LogP contribution is -2.41. The molecule has 0 radical (unpaired) electrons. The third-order valence-corrected chi connectivity index (χ3v) is 2.78. The first kappa shape index (κ1) is 11.8. The van der Waals surface area contributed by atoms with Gasteiger partial charge in [-0.25, -0.2) is 9.97 Å². The first-order valence-electron chi connectivity index (χ1n) is 5.74. The van der Waals surface area contributed by atoms with Gasteiger partial charge in [-0.15, -0.1) is 0 Å². The highest BCUT2D eigenvalue weighted by molar-refractivity contribution is 5.73. The quantitative estimate of drug-likeness (QED) is 0.875. The minimum atomic E-state index is -0.326. The van der Waals surface area contributed by atoms with Crippen LogP contribution in [-0.4, -0.2) is 22.1 Å². The minimum absolute atomic E-state index is 0.326. The van der Waals surface area contributed by atoms with Gasteiger partial charge in [-0.2, -0.15) is 0 Å². The number of rotatable bonds is 4. The molecule has 1 unspecified atom stereocenters. The Hall–Kier alpha value is -1.68. The molecule has 1 aromatic carbocycles. The van der Waals surface area contributed by atoms with E-state index in [9.17, 15) is 0 Å². The molecule has 2 rings (SSSR count). The molecule has 2 aromatic rings. The first-order valence-corrected chi connectivity index (χ1v) is 5.74. The van der Waals surface area contributed by atoms with Crippen molar-refractivity contribution >= 4 is 11.0 Å². The standard InChI is InChI=1S/C13H17N3O/c1-3-13(2,14)9-17-12-8-15-10-6-4-5-7-11(10)16-12/h4-8H,3,9,14H2,1-2H3. The van der Waals surface area contributed by atoms with Crippen molar-refractivity contribution in [3.63, 3.8) is 0 Å². The normalized spacial score (nSPS) is 14.5. The van der Waals surface area contributed by atoms with Crippen LogP contribution in [0.3, 0.4) is 0 Å². The van der Waals surface area contributed by atoms with Gasteiger partial charge in [0.15, 0.2) is 0 Å². The van der Waals surface area contributed by atoms with Crippen molar-refractivity contribution in [3.8, 4) is 5.88 Å².